The molecular weight excluding hydrogens is 549 g/mol. The van der Waals surface area contributed by atoms with Crippen molar-refractivity contribution in [1.82, 2.24) is 19.6 Å². The van der Waals surface area contributed by atoms with E-state index in [-0.39, 0.29) is 42.2 Å². The van der Waals surface area contributed by atoms with Crippen molar-refractivity contribution >= 4 is 27.6 Å². The lowest BCUT2D eigenvalue weighted by Gasteiger charge is -2.35. The molecule has 1 amide bonds. The fraction of sp³-hybridized carbons (Fsp3) is 0.346. The molecule has 5 rings (SSSR count). The molecule has 4 heterocycles. The third-order valence-electron chi connectivity index (χ3n) is 6.89. The van der Waals surface area contributed by atoms with Gasteiger partial charge in [0.2, 0.25) is 15.9 Å². The molecule has 3 aromatic rings. The molecule has 0 aliphatic carbocycles. The van der Waals surface area contributed by atoms with Crippen LogP contribution in [0.15, 0.2) is 65.8 Å². The quantitative estimate of drug-likeness (QED) is 0.337. The van der Waals surface area contributed by atoms with Gasteiger partial charge in [0.1, 0.15) is 11.6 Å². The lowest BCUT2D eigenvalue weighted by Crippen LogP contribution is -2.51. The van der Waals surface area contributed by atoms with Crippen LogP contribution in [0.4, 0.5) is 24.8 Å². The molecule has 0 unspecified atom stereocenters. The summed E-state index contributed by atoms with van der Waals surface area (Å²) < 4.78 is 65.9. The van der Waals surface area contributed by atoms with Crippen molar-refractivity contribution in [3.05, 3.63) is 66.5 Å². The molecule has 2 aromatic heterocycles. The van der Waals surface area contributed by atoms with Crippen LogP contribution in [0.5, 0.6) is 0 Å². The summed E-state index contributed by atoms with van der Waals surface area (Å²) in [6.07, 6.45) is -2.60. The highest BCUT2D eigenvalue weighted by Crippen LogP contribution is 2.30. The maximum absolute atomic E-state index is 13.2. The second kappa shape index (κ2) is 11.0. The van der Waals surface area contributed by atoms with Gasteiger partial charge in [-0.2, -0.15) is 17.5 Å². The van der Waals surface area contributed by atoms with E-state index >= 15 is 0 Å². The maximum atomic E-state index is 13.2. The number of alkyl halides is 3. The van der Waals surface area contributed by atoms with Gasteiger partial charge in [0.25, 0.3) is 0 Å². The van der Waals surface area contributed by atoms with E-state index in [1.54, 1.807) is 24.4 Å². The molecule has 14 heteroatoms. The van der Waals surface area contributed by atoms with Crippen LogP contribution >= 0.6 is 0 Å². The van der Waals surface area contributed by atoms with Gasteiger partial charge in [-0.05, 0) is 48.4 Å². The number of anilines is 2. The Morgan fingerprint density at radius 1 is 0.950 bits per heavy atom. The second-order valence-electron chi connectivity index (χ2n) is 9.71. The van der Waals surface area contributed by atoms with Gasteiger partial charge in [-0.25, -0.2) is 18.4 Å². The van der Waals surface area contributed by atoms with Gasteiger partial charge in [0.05, 0.1) is 28.6 Å². The summed E-state index contributed by atoms with van der Waals surface area (Å²) in [5.74, 6) is 0.790. The molecule has 1 aromatic carbocycles. The number of carbonyl (C=O) groups is 1. The Balaban J connectivity index is 1.19. The van der Waals surface area contributed by atoms with E-state index in [4.69, 9.17) is 0 Å². The van der Waals surface area contributed by atoms with Gasteiger partial charge in [0.15, 0.2) is 0 Å². The molecule has 2 saturated heterocycles. The lowest BCUT2D eigenvalue weighted by molar-refractivity contribution is -0.137. The average Bonchev–Trinajstić information content (AvgIpc) is 3.34. The zero-order chi connectivity index (χ0) is 28.5. The van der Waals surface area contributed by atoms with E-state index in [9.17, 15) is 31.5 Å². The Bertz CT molecular complexity index is 1450. The van der Waals surface area contributed by atoms with E-state index in [1.807, 2.05) is 6.07 Å². The molecule has 2 aliphatic heterocycles. The topological polar surface area (TPSA) is 137 Å². The van der Waals surface area contributed by atoms with Gasteiger partial charge >= 0.3 is 6.18 Å². The van der Waals surface area contributed by atoms with Crippen LogP contribution < -0.4 is 16.0 Å². The first-order valence-electron chi connectivity index (χ1n) is 12.6. The average molecular weight is 577 g/mol. The fourth-order valence-electron chi connectivity index (χ4n) is 4.66. The zero-order valence-corrected chi connectivity index (χ0v) is 21.9. The van der Waals surface area contributed by atoms with Gasteiger partial charge in [-0.15, -0.1) is 0 Å². The second-order valence-corrected chi connectivity index (χ2v) is 11.6. The predicted octanol–water partition coefficient (Wildman–Crippen LogP) is 2.70. The number of pyridine rings is 2. The largest absolute Gasteiger partial charge is 0.417 e. The van der Waals surface area contributed by atoms with Crippen LogP contribution in [0.2, 0.25) is 0 Å². The number of hydrogen-bond acceptors (Lipinski definition) is 8. The molecule has 212 valence electrons. The first-order chi connectivity index (χ1) is 19.0. The van der Waals surface area contributed by atoms with Gasteiger partial charge in [-0.1, -0.05) is 12.1 Å². The fourth-order valence-corrected chi connectivity index (χ4v) is 6.13. The number of aliphatic hydroxyl groups excluding tert-OH is 1. The van der Waals surface area contributed by atoms with E-state index in [2.05, 4.69) is 25.9 Å². The minimum atomic E-state index is -4.50. The van der Waals surface area contributed by atoms with E-state index in [1.165, 1.54) is 22.5 Å². The highest BCUT2D eigenvalue weighted by Gasteiger charge is 2.35. The Kier molecular flexibility index (Phi) is 7.66. The van der Waals surface area contributed by atoms with Crippen molar-refractivity contribution in [2.75, 3.05) is 30.3 Å². The molecule has 0 radical (unpaired) electrons. The summed E-state index contributed by atoms with van der Waals surface area (Å²) >= 11 is 0. The number of sulfonamides is 1. The molecule has 2 fully saturated rings. The van der Waals surface area contributed by atoms with Crippen molar-refractivity contribution in [2.24, 2.45) is 0 Å². The van der Waals surface area contributed by atoms with Crippen molar-refractivity contribution in [3.63, 3.8) is 0 Å². The predicted molar refractivity (Wildman–Crippen MR) is 141 cm³/mol. The number of nitrogens with zero attached hydrogens (tertiary/aromatic N) is 3. The molecule has 3 atom stereocenters. The number of β-amino-alcohol motifs (C(OH)–C–C–N with tert-alkyl or cyclic N) is 1. The van der Waals surface area contributed by atoms with Crippen LogP contribution in [0.1, 0.15) is 18.4 Å². The molecule has 0 spiro atoms. The number of carbonyl (C=O) groups excluding carboxylic acids is 1. The van der Waals surface area contributed by atoms with Gasteiger partial charge in [0, 0.05) is 44.0 Å². The van der Waals surface area contributed by atoms with Crippen LogP contribution in [0, 0.1) is 0 Å². The monoisotopic (exact) mass is 576 g/mol. The smallest absolute Gasteiger partial charge is 0.390 e. The van der Waals surface area contributed by atoms with E-state index in [0.717, 1.165) is 17.2 Å². The van der Waals surface area contributed by atoms with Crippen LogP contribution in [0.25, 0.3) is 11.1 Å². The summed E-state index contributed by atoms with van der Waals surface area (Å²) in [7, 11) is -3.89. The minimum absolute atomic E-state index is 0.00448. The zero-order valence-electron chi connectivity index (χ0n) is 21.1. The van der Waals surface area contributed by atoms with Crippen LogP contribution in [0.3, 0.4) is 0 Å². The Morgan fingerprint density at radius 2 is 1.62 bits per heavy atom. The van der Waals surface area contributed by atoms with Crippen molar-refractivity contribution < 1.29 is 31.5 Å². The molecule has 40 heavy (non-hydrogen) atoms. The Labute approximate surface area is 228 Å². The summed E-state index contributed by atoms with van der Waals surface area (Å²) in [5.41, 5.74) is 0.670. The number of aromatic nitrogens is 2. The van der Waals surface area contributed by atoms with Crippen molar-refractivity contribution in [3.8, 4) is 11.1 Å². The standard InChI is InChI=1S/C26H27F3N6O4S/c27-26(28,29)18-4-8-24(31-13-18)34-21-9-10-35(15-22(21)36)40(38,39)20-5-1-16(2-6-20)17-3-7-23(30-12-17)33-19-11-25(37)32-14-19/h1-8,12-13,19,21-22,36H,9-11,14-15H2,(H,30,33)(H,31,34)(H,32,37)/t19-,21-,22+/m1/s1. The van der Waals surface area contributed by atoms with Crippen molar-refractivity contribution in [1.29, 1.82) is 0 Å². The molecule has 2 aliphatic rings. The third kappa shape index (κ3) is 6.18. The number of halogens is 3. The lowest BCUT2D eigenvalue weighted by atomic mass is 10.0. The Morgan fingerprint density at radius 3 is 2.20 bits per heavy atom. The number of nitrogens with one attached hydrogen (secondary N) is 3. The summed E-state index contributed by atoms with van der Waals surface area (Å²) in [6, 6.07) is 11.5. The van der Waals surface area contributed by atoms with Gasteiger partial charge in [-0.3, -0.25) is 4.79 Å². The van der Waals surface area contributed by atoms with Crippen molar-refractivity contribution in [2.45, 2.75) is 42.1 Å². The summed E-state index contributed by atoms with van der Waals surface area (Å²) in [6.45, 7) is 0.475. The highest BCUT2D eigenvalue weighted by atomic mass is 32.2. The Hall–Kier alpha value is -3.75. The molecule has 0 bridgehead atoms. The summed E-state index contributed by atoms with van der Waals surface area (Å²) in [5, 5.41) is 19.4. The number of amides is 1. The number of hydrogen-bond donors (Lipinski definition) is 4. The number of benzene rings is 1. The number of aliphatic hydroxyl groups is 1. The van der Waals surface area contributed by atoms with E-state index < -0.39 is 33.9 Å². The molecular formula is C26H27F3N6O4S. The normalized spacial score (nSPS) is 22.1. The number of piperidine rings is 1. The highest BCUT2D eigenvalue weighted by molar-refractivity contribution is 7.89. The van der Waals surface area contributed by atoms with Crippen LogP contribution in [-0.2, 0) is 21.0 Å². The van der Waals surface area contributed by atoms with Gasteiger partial charge < -0.3 is 21.1 Å². The first-order valence-corrected chi connectivity index (χ1v) is 14.0. The number of rotatable bonds is 7. The van der Waals surface area contributed by atoms with Crippen LogP contribution in [-0.4, -0.2) is 71.5 Å². The van der Waals surface area contributed by atoms with E-state index in [0.29, 0.717) is 25.0 Å². The third-order valence-corrected chi connectivity index (χ3v) is 8.77. The molecule has 0 saturated carbocycles. The maximum Gasteiger partial charge on any atom is 0.417 e. The molecule has 4 N–H and O–H groups in total. The first kappa shape index (κ1) is 27.8. The SMILES string of the molecule is O=C1C[C@@H](Nc2ccc(-c3ccc(S(=O)(=O)N4CC[C@@H](Nc5ccc(C(F)(F)F)cn5)[C@@H](O)C4)cc3)cn2)CN1. The minimum Gasteiger partial charge on any atom is -0.390 e. The summed E-state index contributed by atoms with van der Waals surface area (Å²) in [4.78, 5) is 19.6. The molecule has 10 nitrogen and oxygen atoms in total.